The molecular formula is C26H22N2O6S. The van der Waals surface area contributed by atoms with Gasteiger partial charge in [0, 0.05) is 12.0 Å². The average molecular weight is 491 g/mol. The predicted molar refractivity (Wildman–Crippen MR) is 130 cm³/mol. The second kappa shape index (κ2) is 8.66. The molecule has 2 atom stereocenters. The average Bonchev–Trinajstić information content (AvgIpc) is 3.50. The third kappa shape index (κ3) is 3.77. The zero-order chi connectivity index (χ0) is 24.9. The van der Waals surface area contributed by atoms with E-state index in [-0.39, 0.29) is 27.4 Å². The number of benzene rings is 2. The summed E-state index contributed by atoms with van der Waals surface area (Å²) in [6, 6.07) is 13.2. The first-order chi connectivity index (χ1) is 16.8. The standard InChI is InChI=1S/C26H22N2O6S/c1-13-11-17-12-16(9-10-18(17)34-13)21(29)19-20(15-7-5-4-6-8-15)28(24(31)22(19)30)26-27-14(2)23(35-26)25(32)33-3/h4-10,12-13,20,29H,11H2,1-3H3. The molecule has 0 saturated carbocycles. The lowest BCUT2D eigenvalue weighted by molar-refractivity contribution is -0.132. The molecule has 0 radical (unpaired) electrons. The Morgan fingerprint density at radius 3 is 2.66 bits per heavy atom. The van der Waals surface area contributed by atoms with E-state index in [1.807, 2.05) is 13.0 Å². The molecule has 2 aliphatic rings. The van der Waals surface area contributed by atoms with Crippen LogP contribution in [0.25, 0.3) is 5.76 Å². The minimum Gasteiger partial charge on any atom is -0.507 e. The smallest absolute Gasteiger partial charge is 0.350 e. The summed E-state index contributed by atoms with van der Waals surface area (Å²) < 4.78 is 10.6. The molecule has 5 rings (SSSR count). The molecule has 1 amide bonds. The molecule has 3 heterocycles. The van der Waals surface area contributed by atoms with Crippen molar-refractivity contribution in [2.75, 3.05) is 12.0 Å². The Balaban J connectivity index is 1.67. The van der Waals surface area contributed by atoms with Gasteiger partial charge in [0.2, 0.25) is 0 Å². The molecule has 2 unspecified atom stereocenters. The van der Waals surface area contributed by atoms with Gasteiger partial charge in [0.05, 0.1) is 24.4 Å². The van der Waals surface area contributed by atoms with Crippen LogP contribution in [0.15, 0.2) is 54.1 Å². The van der Waals surface area contributed by atoms with E-state index >= 15 is 0 Å². The van der Waals surface area contributed by atoms with Gasteiger partial charge in [-0.2, -0.15) is 0 Å². The van der Waals surface area contributed by atoms with Gasteiger partial charge in [0.25, 0.3) is 5.78 Å². The lowest BCUT2D eigenvalue weighted by atomic mass is 9.94. The van der Waals surface area contributed by atoms with Gasteiger partial charge < -0.3 is 14.6 Å². The van der Waals surface area contributed by atoms with Crippen molar-refractivity contribution in [3.63, 3.8) is 0 Å². The van der Waals surface area contributed by atoms with E-state index in [4.69, 9.17) is 9.47 Å². The fraction of sp³-hybridized carbons (Fsp3) is 0.231. The van der Waals surface area contributed by atoms with Crippen molar-refractivity contribution in [3.8, 4) is 5.75 Å². The van der Waals surface area contributed by atoms with E-state index in [1.165, 1.54) is 12.0 Å². The number of anilines is 1. The number of ether oxygens (including phenoxy) is 2. The summed E-state index contributed by atoms with van der Waals surface area (Å²) in [7, 11) is 1.26. The first kappa shape index (κ1) is 22.8. The zero-order valence-corrected chi connectivity index (χ0v) is 20.1. The van der Waals surface area contributed by atoms with Gasteiger partial charge in [0.1, 0.15) is 22.5 Å². The lowest BCUT2D eigenvalue weighted by Gasteiger charge is -2.23. The van der Waals surface area contributed by atoms with Gasteiger partial charge in [-0.15, -0.1) is 0 Å². The summed E-state index contributed by atoms with van der Waals surface area (Å²) in [6.45, 7) is 3.59. The Morgan fingerprint density at radius 2 is 1.94 bits per heavy atom. The summed E-state index contributed by atoms with van der Waals surface area (Å²) in [5.74, 6) is -1.77. The topological polar surface area (TPSA) is 106 Å². The normalized spacial score (nSPS) is 20.6. The number of aliphatic hydroxyl groups is 1. The molecule has 35 heavy (non-hydrogen) atoms. The van der Waals surface area contributed by atoms with Crippen molar-refractivity contribution in [1.29, 1.82) is 0 Å². The van der Waals surface area contributed by atoms with Gasteiger partial charge in [-0.1, -0.05) is 41.7 Å². The van der Waals surface area contributed by atoms with Crippen molar-refractivity contribution >= 4 is 39.9 Å². The molecule has 0 bridgehead atoms. The monoisotopic (exact) mass is 490 g/mol. The summed E-state index contributed by atoms with van der Waals surface area (Å²) in [5.41, 5.74) is 2.31. The fourth-order valence-electron chi connectivity index (χ4n) is 4.47. The molecule has 1 saturated heterocycles. The summed E-state index contributed by atoms with van der Waals surface area (Å²) in [5, 5.41) is 11.5. The number of fused-ring (bicyclic) bond motifs is 1. The van der Waals surface area contributed by atoms with Gasteiger partial charge in [-0.05, 0) is 43.2 Å². The Hall–Kier alpha value is -3.98. The van der Waals surface area contributed by atoms with Crippen LogP contribution in [-0.4, -0.2) is 41.0 Å². The zero-order valence-electron chi connectivity index (χ0n) is 19.3. The molecule has 1 N–H and O–H groups in total. The van der Waals surface area contributed by atoms with E-state index in [9.17, 15) is 19.5 Å². The molecule has 1 aromatic heterocycles. The van der Waals surface area contributed by atoms with Crippen molar-refractivity contribution in [1.82, 2.24) is 4.98 Å². The van der Waals surface area contributed by atoms with Crippen molar-refractivity contribution in [2.24, 2.45) is 0 Å². The number of aromatic nitrogens is 1. The molecular weight excluding hydrogens is 468 g/mol. The highest BCUT2D eigenvalue weighted by molar-refractivity contribution is 7.17. The van der Waals surface area contributed by atoms with Crippen molar-refractivity contribution < 1.29 is 29.0 Å². The first-order valence-electron chi connectivity index (χ1n) is 11.0. The number of thiazole rings is 1. The van der Waals surface area contributed by atoms with Gasteiger partial charge in [0.15, 0.2) is 5.13 Å². The maximum atomic E-state index is 13.3. The van der Waals surface area contributed by atoms with E-state index in [2.05, 4.69) is 4.98 Å². The van der Waals surface area contributed by atoms with Crippen LogP contribution < -0.4 is 9.64 Å². The minimum absolute atomic E-state index is 0.0226. The minimum atomic E-state index is -0.921. The number of Topliss-reactive ketones (excluding diaryl/α,β-unsaturated/α-hetero) is 1. The maximum Gasteiger partial charge on any atom is 0.350 e. The van der Waals surface area contributed by atoms with Crippen LogP contribution >= 0.6 is 11.3 Å². The van der Waals surface area contributed by atoms with Crippen molar-refractivity contribution in [2.45, 2.75) is 32.4 Å². The molecule has 178 valence electrons. The highest BCUT2D eigenvalue weighted by Gasteiger charge is 2.48. The number of aryl methyl sites for hydroxylation is 1. The largest absolute Gasteiger partial charge is 0.507 e. The van der Waals surface area contributed by atoms with E-state index < -0.39 is 23.7 Å². The third-order valence-electron chi connectivity index (χ3n) is 6.09. The highest BCUT2D eigenvalue weighted by Crippen LogP contribution is 2.44. The number of carbonyl (C=O) groups excluding carboxylic acids is 3. The second-order valence-electron chi connectivity index (χ2n) is 8.44. The Morgan fingerprint density at radius 1 is 1.20 bits per heavy atom. The first-order valence-corrected chi connectivity index (χ1v) is 11.8. The number of rotatable bonds is 4. The van der Waals surface area contributed by atoms with Crippen LogP contribution in [0.2, 0.25) is 0 Å². The molecule has 3 aromatic rings. The number of hydrogen-bond acceptors (Lipinski definition) is 8. The molecule has 8 nitrogen and oxygen atoms in total. The quantitative estimate of drug-likeness (QED) is 0.253. The van der Waals surface area contributed by atoms with E-state index in [1.54, 1.807) is 49.4 Å². The number of ketones is 1. The third-order valence-corrected chi connectivity index (χ3v) is 7.23. The number of esters is 1. The predicted octanol–water partition coefficient (Wildman–Crippen LogP) is 4.19. The molecule has 9 heteroatoms. The summed E-state index contributed by atoms with van der Waals surface area (Å²) >= 11 is 0.966. The summed E-state index contributed by atoms with van der Waals surface area (Å²) in [4.78, 5) is 44.6. The second-order valence-corrected chi connectivity index (χ2v) is 9.41. The Labute approximate surface area is 205 Å². The fourth-order valence-corrected chi connectivity index (χ4v) is 5.48. The highest BCUT2D eigenvalue weighted by atomic mass is 32.1. The van der Waals surface area contributed by atoms with Crippen LogP contribution in [0.4, 0.5) is 5.13 Å². The van der Waals surface area contributed by atoms with Crippen LogP contribution in [0.3, 0.4) is 0 Å². The number of aliphatic hydroxyl groups excluding tert-OH is 1. The van der Waals surface area contributed by atoms with E-state index in [0.717, 1.165) is 22.6 Å². The maximum absolute atomic E-state index is 13.3. The SMILES string of the molecule is COC(=O)c1sc(N2C(=O)C(=O)C(=C(O)c3ccc4c(c3)CC(C)O4)C2c2ccccc2)nc1C. The Bertz CT molecular complexity index is 1390. The van der Waals surface area contributed by atoms with Gasteiger partial charge in [-0.25, -0.2) is 9.78 Å². The number of nitrogens with zero attached hydrogens (tertiary/aromatic N) is 2. The van der Waals surface area contributed by atoms with Crippen LogP contribution in [-0.2, 0) is 20.7 Å². The van der Waals surface area contributed by atoms with E-state index in [0.29, 0.717) is 23.2 Å². The number of methoxy groups -OCH3 is 1. The number of amides is 1. The molecule has 0 aliphatic carbocycles. The molecule has 2 aliphatic heterocycles. The molecule has 1 fully saturated rings. The van der Waals surface area contributed by atoms with Crippen molar-refractivity contribution in [3.05, 3.63) is 81.4 Å². The summed E-state index contributed by atoms with van der Waals surface area (Å²) in [6.07, 6.45) is 0.705. The number of carbonyl (C=O) groups is 3. The van der Waals surface area contributed by atoms with Gasteiger partial charge in [-0.3, -0.25) is 14.5 Å². The number of hydrogen-bond donors (Lipinski definition) is 1. The van der Waals surface area contributed by atoms with Crippen LogP contribution in [0.5, 0.6) is 5.75 Å². The Kier molecular flexibility index (Phi) is 5.64. The van der Waals surface area contributed by atoms with Crippen LogP contribution in [0.1, 0.15) is 45.0 Å². The van der Waals surface area contributed by atoms with Crippen LogP contribution in [0, 0.1) is 6.92 Å². The lowest BCUT2D eigenvalue weighted by Crippen LogP contribution is -2.29. The molecule has 2 aromatic carbocycles. The van der Waals surface area contributed by atoms with Gasteiger partial charge >= 0.3 is 11.9 Å². The molecule has 0 spiro atoms.